The maximum Gasteiger partial charge on any atom is 0.262 e. The van der Waals surface area contributed by atoms with Crippen LogP contribution in [0.25, 0.3) is 0 Å². The van der Waals surface area contributed by atoms with Gasteiger partial charge in [-0.25, -0.2) is 0 Å². The number of rotatable bonds is 18. The minimum absolute atomic E-state index is 0.0599. The van der Waals surface area contributed by atoms with Gasteiger partial charge in [-0.1, -0.05) is 110 Å². The highest BCUT2D eigenvalue weighted by atomic mass is 35.5. The first-order valence-electron chi connectivity index (χ1n) is 12.0. The Balaban J connectivity index is 2.09. The van der Waals surface area contributed by atoms with Gasteiger partial charge in [-0.2, -0.15) is 0 Å². The van der Waals surface area contributed by atoms with E-state index in [2.05, 4.69) is 19.1 Å². The van der Waals surface area contributed by atoms with Gasteiger partial charge in [0.2, 0.25) is 0 Å². The molecular formula is C26H43ClO2. The van der Waals surface area contributed by atoms with E-state index in [-0.39, 0.29) is 5.92 Å². The molecule has 0 heterocycles. The zero-order valence-corrected chi connectivity index (χ0v) is 19.8. The molecule has 1 aromatic rings. The lowest BCUT2D eigenvalue weighted by Crippen LogP contribution is -2.29. The molecule has 0 saturated heterocycles. The van der Waals surface area contributed by atoms with Crippen molar-refractivity contribution in [2.75, 3.05) is 0 Å². The van der Waals surface area contributed by atoms with Crippen molar-refractivity contribution < 1.29 is 9.53 Å². The fraction of sp³-hybridized carbons (Fsp3) is 0.731. The normalized spacial score (nSPS) is 12.3. The monoisotopic (exact) mass is 422 g/mol. The second kappa shape index (κ2) is 16.7. The predicted octanol–water partition coefficient (Wildman–Crippen LogP) is 8.49. The Morgan fingerprint density at radius 2 is 1.38 bits per heavy atom. The summed E-state index contributed by atoms with van der Waals surface area (Å²) in [5.41, 5.74) is 1.27. The number of carbonyl (C=O) groups is 1. The van der Waals surface area contributed by atoms with Gasteiger partial charge in [-0.05, 0) is 48.1 Å². The molecule has 0 spiro atoms. The molecule has 0 radical (unpaired) electrons. The van der Waals surface area contributed by atoms with Gasteiger partial charge in [0, 0.05) is 0 Å². The summed E-state index contributed by atoms with van der Waals surface area (Å²) in [6, 6.07) is 8.10. The lowest BCUT2D eigenvalue weighted by molar-refractivity contribution is -0.119. The van der Waals surface area contributed by atoms with E-state index in [0.29, 0.717) is 0 Å². The third-order valence-electron chi connectivity index (χ3n) is 5.56. The number of aryl methyl sites for hydroxylation is 1. The lowest BCUT2D eigenvalue weighted by Gasteiger charge is -2.19. The molecule has 1 unspecified atom stereocenters. The zero-order valence-electron chi connectivity index (χ0n) is 19.1. The topological polar surface area (TPSA) is 26.3 Å². The molecule has 0 bridgehead atoms. The first-order chi connectivity index (χ1) is 14.0. The van der Waals surface area contributed by atoms with E-state index in [4.69, 9.17) is 16.3 Å². The summed E-state index contributed by atoms with van der Waals surface area (Å²) in [4.78, 5) is 11.5. The van der Waals surface area contributed by atoms with Crippen LogP contribution >= 0.6 is 11.6 Å². The predicted molar refractivity (Wildman–Crippen MR) is 126 cm³/mol. The van der Waals surface area contributed by atoms with E-state index in [1.54, 1.807) is 0 Å². The Hall–Kier alpha value is -1.02. The standard InChI is InChI=1S/C26H43ClO2/c1-4-5-6-7-8-9-10-11-12-13-14-15-16-18-23-19-17-20-24(21-23)29-25(22(2)3)26(27)28/h17,19-22,25H,4-16,18H2,1-3H3. The zero-order chi connectivity index (χ0) is 21.3. The van der Waals surface area contributed by atoms with Crippen LogP contribution in [0.3, 0.4) is 0 Å². The van der Waals surface area contributed by atoms with Gasteiger partial charge in [0.15, 0.2) is 6.10 Å². The summed E-state index contributed by atoms with van der Waals surface area (Å²) in [6.45, 7) is 6.17. The van der Waals surface area contributed by atoms with Crippen molar-refractivity contribution in [3.05, 3.63) is 29.8 Å². The summed E-state index contributed by atoms with van der Waals surface area (Å²) >= 11 is 5.66. The highest BCUT2D eigenvalue weighted by molar-refractivity contribution is 6.64. The van der Waals surface area contributed by atoms with Gasteiger partial charge in [-0.15, -0.1) is 0 Å². The van der Waals surface area contributed by atoms with Gasteiger partial charge in [0.25, 0.3) is 5.24 Å². The molecule has 2 nitrogen and oxygen atoms in total. The van der Waals surface area contributed by atoms with Crippen molar-refractivity contribution >= 4 is 16.8 Å². The summed E-state index contributed by atoms with van der Waals surface area (Å²) < 4.78 is 5.82. The van der Waals surface area contributed by atoms with Crippen molar-refractivity contribution in [3.8, 4) is 5.75 Å². The average molecular weight is 423 g/mol. The number of hydrogen-bond acceptors (Lipinski definition) is 2. The van der Waals surface area contributed by atoms with Crippen LogP contribution in [-0.4, -0.2) is 11.3 Å². The summed E-state index contributed by atoms with van der Waals surface area (Å²) in [5, 5.41) is -0.429. The molecule has 1 rings (SSSR count). The molecule has 1 atom stereocenters. The maximum atomic E-state index is 11.5. The molecule has 1 aromatic carbocycles. The van der Waals surface area contributed by atoms with Crippen LogP contribution in [0.2, 0.25) is 0 Å². The first kappa shape index (κ1) is 26.0. The number of hydrogen-bond donors (Lipinski definition) is 0. The van der Waals surface area contributed by atoms with E-state index in [1.807, 2.05) is 26.0 Å². The van der Waals surface area contributed by atoms with Crippen LogP contribution in [0.15, 0.2) is 24.3 Å². The van der Waals surface area contributed by atoms with Gasteiger partial charge in [0.1, 0.15) is 5.75 Å². The largest absolute Gasteiger partial charge is 0.481 e. The Kier molecular flexibility index (Phi) is 15.0. The molecule has 0 aliphatic rings. The summed E-state index contributed by atoms with van der Waals surface area (Å²) in [7, 11) is 0. The SMILES string of the molecule is CCCCCCCCCCCCCCCc1cccc(OC(C(=O)Cl)C(C)C)c1. The minimum Gasteiger partial charge on any atom is -0.481 e. The first-order valence-corrected chi connectivity index (χ1v) is 12.4. The van der Waals surface area contributed by atoms with Crippen molar-refractivity contribution in [1.29, 1.82) is 0 Å². The van der Waals surface area contributed by atoms with Crippen LogP contribution < -0.4 is 4.74 Å². The van der Waals surface area contributed by atoms with Crippen LogP contribution in [0.5, 0.6) is 5.75 Å². The van der Waals surface area contributed by atoms with Crippen molar-refractivity contribution in [3.63, 3.8) is 0 Å². The Bertz CT molecular complexity index is 541. The van der Waals surface area contributed by atoms with Crippen molar-refractivity contribution in [2.24, 2.45) is 5.92 Å². The molecule has 29 heavy (non-hydrogen) atoms. The van der Waals surface area contributed by atoms with E-state index in [1.165, 1.54) is 89.0 Å². The molecule has 3 heteroatoms. The smallest absolute Gasteiger partial charge is 0.262 e. The van der Waals surface area contributed by atoms with Gasteiger partial charge in [0.05, 0.1) is 0 Å². The third-order valence-corrected chi connectivity index (χ3v) is 5.77. The number of ether oxygens (including phenoxy) is 1. The third kappa shape index (κ3) is 13.0. The maximum absolute atomic E-state index is 11.5. The molecule has 0 aliphatic carbocycles. The van der Waals surface area contributed by atoms with Crippen LogP contribution in [0, 0.1) is 5.92 Å². The molecule has 0 aromatic heterocycles. The molecular weight excluding hydrogens is 380 g/mol. The van der Waals surface area contributed by atoms with Gasteiger partial charge >= 0.3 is 0 Å². The number of benzene rings is 1. The molecule has 0 N–H and O–H groups in total. The second-order valence-electron chi connectivity index (χ2n) is 8.73. The summed E-state index contributed by atoms with van der Waals surface area (Å²) in [6.07, 6.45) is 18.4. The average Bonchev–Trinajstić information content (AvgIpc) is 2.69. The number of carbonyl (C=O) groups excluding carboxylic acids is 1. The van der Waals surface area contributed by atoms with Crippen LogP contribution in [-0.2, 0) is 11.2 Å². The summed E-state index contributed by atoms with van der Waals surface area (Å²) in [5.74, 6) is 0.801. The van der Waals surface area contributed by atoms with Crippen molar-refractivity contribution in [1.82, 2.24) is 0 Å². The lowest BCUT2D eigenvalue weighted by atomic mass is 10.0. The van der Waals surface area contributed by atoms with Gasteiger partial charge < -0.3 is 4.74 Å². The van der Waals surface area contributed by atoms with Crippen LogP contribution in [0.1, 0.15) is 110 Å². The Morgan fingerprint density at radius 3 is 1.86 bits per heavy atom. The number of halogens is 1. The van der Waals surface area contributed by atoms with Crippen LogP contribution in [0.4, 0.5) is 0 Å². The Labute approximate surface area is 184 Å². The molecule has 0 amide bonds. The fourth-order valence-corrected chi connectivity index (χ4v) is 4.01. The van der Waals surface area contributed by atoms with E-state index < -0.39 is 11.3 Å². The molecule has 0 fully saturated rings. The highest BCUT2D eigenvalue weighted by Gasteiger charge is 2.22. The van der Waals surface area contributed by atoms with E-state index >= 15 is 0 Å². The minimum atomic E-state index is -0.580. The molecule has 0 aliphatic heterocycles. The molecule has 166 valence electrons. The quantitative estimate of drug-likeness (QED) is 0.175. The van der Waals surface area contributed by atoms with Gasteiger partial charge in [-0.3, -0.25) is 4.79 Å². The second-order valence-corrected chi connectivity index (χ2v) is 9.10. The fourth-order valence-electron chi connectivity index (χ4n) is 3.71. The van der Waals surface area contributed by atoms with E-state index in [0.717, 1.165) is 12.2 Å². The highest BCUT2D eigenvalue weighted by Crippen LogP contribution is 2.21. The Morgan fingerprint density at radius 1 is 0.862 bits per heavy atom. The number of unbranched alkanes of at least 4 members (excludes halogenated alkanes) is 12. The van der Waals surface area contributed by atoms with E-state index in [9.17, 15) is 4.79 Å². The van der Waals surface area contributed by atoms with Crippen molar-refractivity contribution in [2.45, 2.75) is 117 Å². The molecule has 0 saturated carbocycles.